The quantitative estimate of drug-likeness (QED) is 0.421. The summed E-state index contributed by atoms with van der Waals surface area (Å²) >= 11 is 0. The third-order valence-electron chi connectivity index (χ3n) is 2.18. The summed E-state index contributed by atoms with van der Waals surface area (Å²) in [5.41, 5.74) is 0. The summed E-state index contributed by atoms with van der Waals surface area (Å²) in [5, 5.41) is 36.9. The molecule has 0 bridgehead atoms. The maximum Gasteiger partial charge on any atom is 0.186 e. The number of aliphatic hydroxyl groups is 4. The van der Waals surface area contributed by atoms with Gasteiger partial charge in [0, 0.05) is 6.61 Å². The summed E-state index contributed by atoms with van der Waals surface area (Å²) in [6, 6.07) is 0. The molecule has 5 atom stereocenters. The van der Waals surface area contributed by atoms with E-state index in [1.54, 1.807) is 6.92 Å². The van der Waals surface area contributed by atoms with Gasteiger partial charge in [0.2, 0.25) is 0 Å². The summed E-state index contributed by atoms with van der Waals surface area (Å²) in [7, 11) is 0. The minimum Gasteiger partial charge on any atom is -0.394 e. The molecule has 14 heavy (non-hydrogen) atoms. The van der Waals surface area contributed by atoms with E-state index in [1.165, 1.54) is 0 Å². The van der Waals surface area contributed by atoms with Crippen molar-refractivity contribution < 1.29 is 29.9 Å². The first-order chi connectivity index (χ1) is 6.61. The van der Waals surface area contributed by atoms with Crippen LogP contribution in [0.3, 0.4) is 0 Å². The highest BCUT2D eigenvalue weighted by molar-refractivity contribution is 4.88. The van der Waals surface area contributed by atoms with Crippen LogP contribution in [0.1, 0.15) is 6.92 Å². The van der Waals surface area contributed by atoms with Crippen LogP contribution in [0, 0.1) is 0 Å². The predicted octanol–water partition coefficient (Wildman–Crippen LogP) is -2.18. The molecule has 6 nitrogen and oxygen atoms in total. The van der Waals surface area contributed by atoms with Crippen LogP contribution in [0.2, 0.25) is 0 Å². The number of hydrogen-bond donors (Lipinski definition) is 4. The fourth-order valence-corrected chi connectivity index (χ4v) is 1.37. The van der Waals surface area contributed by atoms with E-state index < -0.39 is 37.3 Å². The summed E-state index contributed by atoms with van der Waals surface area (Å²) in [4.78, 5) is 0. The van der Waals surface area contributed by atoms with Gasteiger partial charge in [-0.2, -0.15) is 0 Å². The van der Waals surface area contributed by atoms with E-state index in [-0.39, 0.29) is 0 Å². The topological polar surface area (TPSA) is 99.4 Å². The molecule has 0 unspecified atom stereocenters. The second kappa shape index (κ2) is 5.01. The minimum atomic E-state index is -1.36. The van der Waals surface area contributed by atoms with Crippen LogP contribution in [0.5, 0.6) is 0 Å². The predicted molar refractivity (Wildman–Crippen MR) is 45.4 cm³/mol. The molecule has 0 aromatic rings. The Balaban J connectivity index is 2.63. The molecular weight excluding hydrogens is 192 g/mol. The van der Waals surface area contributed by atoms with Gasteiger partial charge in [0.25, 0.3) is 0 Å². The molecule has 0 aliphatic carbocycles. The number of ether oxygens (including phenoxy) is 2. The van der Waals surface area contributed by atoms with E-state index in [0.29, 0.717) is 6.61 Å². The molecule has 0 saturated carbocycles. The van der Waals surface area contributed by atoms with Crippen molar-refractivity contribution in [2.75, 3.05) is 13.2 Å². The molecule has 1 aliphatic rings. The fourth-order valence-electron chi connectivity index (χ4n) is 1.37. The van der Waals surface area contributed by atoms with Crippen LogP contribution in [-0.2, 0) is 9.47 Å². The van der Waals surface area contributed by atoms with Gasteiger partial charge in [-0.1, -0.05) is 0 Å². The Bertz CT molecular complexity index is 171. The average molecular weight is 208 g/mol. The first kappa shape index (κ1) is 11.8. The van der Waals surface area contributed by atoms with Gasteiger partial charge in [-0.15, -0.1) is 0 Å². The lowest BCUT2D eigenvalue weighted by atomic mass is 9.99. The van der Waals surface area contributed by atoms with Crippen LogP contribution in [0.25, 0.3) is 0 Å². The van der Waals surface area contributed by atoms with Crippen LogP contribution in [-0.4, -0.2) is 64.3 Å². The zero-order valence-electron chi connectivity index (χ0n) is 7.91. The normalized spacial score (nSPS) is 43.9. The van der Waals surface area contributed by atoms with Gasteiger partial charge in [0.15, 0.2) is 6.29 Å². The van der Waals surface area contributed by atoms with Gasteiger partial charge >= 0.3 is 0 Å². The molecule has 84 valence electrons. The van der Waals surface area contributed by atoms with Crippen molar-refractivity contribution in [1.29, 1.82) is 0 Å². The fraction of sp³-hybridized carbons (Fsp3) is 1.00. The molecule has 0 radical (unpaired) electrons. The second-order valence-electron chi connectivity index (χ2n) is 3.15. The van der Waals surface area contributed by atoms with Gasteiger partial charge in [-0.05, 0) is 6.92 Å². The van der Waals surface area contributed by atoms with Crippen LogP contribution in [0.15, 0.2) is 0 Å². The van der Waals surface area contributed by atoms with Crippen molar-refractivity contribution in [3.63, 3.8) is 0 Å². The molecule has 1 rings (SSSR count). The minimum absolute atomic E-state index is 0.308. The summed E-state index contributed by atoms with van der Waals surface area (Å²) in [5.74, 6) is 0. The molecule has 6 heteroatoms. The smallest absolute Gasteiger partial charge is 0.186 e. The van der Waals surface area contributed by atoms with Crippen molar-refractivity contribution in [2.24, 2.45) is 0 Å². The third-order valence-corrected chi connectivity index (χ3v) is 2.18. The molecule has 0 amide bonds. The van der Waals surface area contributed by atoms with Crippen molar-refractivity contribution in [2.45, 2.75) is 37.6 Å². The van der Waals surface area contributed by atoms with E-state index >= 15 is 0 Å². The number of hydrogen-bond acceptors (Lipinski definition) is 6. The Kier molecular flexibility index (Phi) is 4.24. The lowest BCUT2D eigenvalue weighted by Gasteiger charge is -2.39. The molecule has 0 aromatic carbocycles. The van der Waals surface area contributed by atoms with Gasteiger partial charge in [0.05, 0.1) is 6.61 Å². The van der Waals surface area contributed by atoms with E-state index in [1.807, 2.05) is 0 Å². The van der Waals surface area contributed by atoms with Gasteiger partial charge in [0.1, 0.15) is 24.4 Å². The molecular formula is C8H16O6. The molecule has 1 saturated heterocycles. The van der Waals surface area contributed by atoms with Crippen molar-refractivity contribution >= 4 is 0 Å². The van der Waals surface area contributed by atoms with Crippen LogP contribution < -0.4 is 0 Å². The van der Waals surface area contributed by atoms with E-state index in [4.69, 9.17) is 14.6 Å². The first-order valence-electron chi connectivity index (χ1n) is 4.54. The molecule has 1 aliphatic heterocycles. The zero-order valence-corrected chi connectivity index (χ0v) is 7.91. The molecule has 0 spiro atoms. The van der Waals surface area contributed by atoms with E-state index in [0.717, 1.165) is 0 Å². The third kappa shape index (κ3) is 2.22. The Hall–Kier alpha value is -0.240. The standard InChI is InChI=1S/C8H16O6/c1-2-13-8-7(12)6(11)5(10)4(3-9)14-8/h4-12H,2-3H2,1H3/t4-,5+,6+,7+,8-/m1/s1. The Morgan fingerprint density at radius 2 is 1.79 bits per heavy atom. The summed E-state index contributed by atoms with van der Waals surface area (Å²) in [6.07, 6.45) is -5.89. The molecule has 4 N–H and O–H groups in total. The largest absolute Gasteiger partial charge is 0.394 e. The Labute approximate surface area is 81.7 Å². The summed E-state index contributed by atoms with van der Waals surface area (Å²) < 4.78 is 10.0. The van der Waals surface area contributed by atoms with Crippen molar-refractivity contribution in [3.05, 3.63) is 0 Å². The molecule has 0 aromatic heterocycles. The van der Waals surface area contributed by atoms with E-state index in [2.05, 4.69) is 0 Å². The highest BCUT2D eigenvalue weighted by Crippen LogP contribution is 2.21. The van der Waals surface area contributed by atoms with Crippen molar-refractivity contribution in [3.8, 4) is 0 Å². The number of rotatable bonds is 3. The zero-order chi connectivity index (χ0) is 10.7. The SMILES string of the molecule is CCO[C@@H]1O[C@H](CO)[C@H](O)[C@H](O)[C@@H]1O. The average Bonchev–Trinajstić information content (AvgIpc) is 2.19. The van der Waals surface area contributed by atoms with Gasteiger partial charge in [-0.3, -0.25) is 0 Å². The lowest BCUT2D eigenvalue weighted by Crippen LogP contribution is -2.59. The monoisotopic (exact) mass is 208 g/mol. The maximum absolute atomic E-state index is 9.41. The second-order valence-corrected chi connectivity index (χ2v) is 3.15. The van der Waals surface area contributed by atoms with Crippen LogP contribution >= 0.6 is 0 Å². The lowest BCUT2D eigenvalue weighted by molar-refractivity contribution is -0.300. The molecule has 1 fully saturated rings. The van der Waals surface area contributed by atoms with Gasteiger partial charge in [-0.25, -0.2) is 0 Å². The van der Waals surface area contributed by atoms with Crippen LogP contribution in [0.4, 0.5) is 0 Å². The maximum atomic E-state index is 9.41. The molecule has 1 heterocycles. The highest BCUT2D eigenvalue weighted by Gasteiger charge is 2.43. The number of aliphatic hydroxyl groups excluding tert-OH is 4. The first-order valence-corrected chi connectivity index (χ1v) is 4.54. The highest BCUT2D eigenvalue weighted by atomic mass is 16.7. The van der Waals surface area contributed by atoms with Gasteiger partial charge < -0.3 is 29.9 Å². The van der Waals surface area contributed by atoms with E-state index in [9.17, 15) is 15.3 Å². The Morgan fingerprint density at radius 1 is 1.14 bits per heavy atom. The summed E-state index contributed by atoms with van der Waals surface area (Å²) in [6.45, 7) is 1.58. The Morgan fingerprint density at radius 3 is 2.29 bits per heavy atom. The van der Waals surface area contributed by atoms with Crippen molar-refractivity contribution in [1.82, 2.24) is 0 Å².